The normalized spacial score (nSPS) is 15.1. The molecular weight excluding hydrogens is 419 g/mol. The van der Waals surface area contributed by atoms with Crippen molar-refractivity contribution in [2.75, 3.05) is 11.9 Å². The van der Waals surface area contributed by atoms with E-state index in [2.05, 4.69) is 5.32 Å². The molecule has 1 aliphatic rings. The van der Waals surface area contributed by atoms with Gasteiger partial charge in [-0.2, -0.15) is 0 Å². The summed E-state index contributed by atoms with van der Waals surface area (Å²) in [6.45, 7) is -0.445. The molecule has 0 radical (unpaired) electrons. The molecule has 1 saturated heterocycles. The predicted octanol–water partition coefficient (Wildman–Crippen LogP) is 3.07. The van der Waals surface area contributed by atoms with Crippen LogP contribution in [-0.2, 0) is 9.59 Å². The first-order valence-electron chi connectivity index (χ1n) is 8.12. The molecule has 7 nitrogen and oxygen atoms in total. The zero-order valence-electron chi connectivity index (χ0n) is 14.6. The van der Waals surface area contributed by atoms with Crippen LogP contribution in [0.3, 0.4) is 0 Å². The standard InChI is InChI=1S/C19H13FN2O5S2/c20-13-4-2-1-3-10(13)7-15-17(25)22(19(28)29-15)9-16(24)21-14-6-5-11(23)8-12(14)18(26)27/h1-8,23H,9H2,(H,21,24)(H,26,27). The van der Waals surface area contributed by atoms with Crippen LogP contribution >= 0.6 is 24.0 Å². The number of hydrogen-bond donors (Lipinski definition) is 3. The van der Waals surface area contributed by atoms with Crippen LogP contribution < -0.4 is 5.32 Å². The summed E-state index contributed by atoms with van der Waals surface area (Å²) in [7, 11) is 0. The van der Waals surface area contributed by atoms with Gasteiger partial charge in [0.25, 0.3) is 5.91 Å². The van der Waals surface area contributed by atoms with Crippen LogP contribution in [0.15, 0.2) is 47.4 Å². The van der Waals surface area contributed by atoms with Gasteiger partial charge in [0, 0.05) is 5.56 Å². The van der Waals surface area contributed by atoms with Crippen molar-refractivity contribution >= 4 is 57.8 Å². The highest BCUT2D eigenvalue weighted by Crippen LogP contribution is 2.33. The van der Waals surface area contributed by atoms with Crippen molar-refractivity contribution < 1.29 is 29.0 Å². The summed E-state index contributed by atoms with van der Waals surface area (Å²) in [5, 5.41) is 21.0. The number of nitrogens with one attached hydrogen (secondary N) is 1. The largest absolute Gasteiger partial charge is 0.508 e. The summed E-state index contributed by atoms with van der Waals surface area (Å²) in [4.78, 5) is 37.4. The van der Waals surface area contributed by atoms with Crippen molar-refractivity contribution in [1.82, 2.24) is 4.90 Å². The van der Waals surface area contributed by atoms with Crippen LogP contribution in [0.5, 0.6) is 5.75 Å². The lowest BCUT2D eigenvalue weighted by Gasteiger charge is -2.15. The SMILES string of the molecule is O=C(CN1C(=O)C(=Cc2ccccc2F)SC1=S)Nc1ccc(O)cc1C(=O)O. The Morgan fingerprint density at radius 1 is 1.24 bits per heavy atom. The molecule has 1 aliphatic heterocycles. The van der Waals surface area contributed by atoms with E-state index in [-0.39, 0.29) is 31.8 Å². The van der Waals surface area contributed by atoms with Gasteiger partial charge in [0.15, 0.2) is 0 Å². The summed E-state index contributed by atoms with van der Waals surface area (Å²) < 4.78 is 13.9. The number of thioether (sulfide) groups is 1. The van der Waals surface area contributed by atoms with Crippen molar-refractivity contribution in [1.29, 1.82) is 0 Å². The first kappa shape index (κ1) is 20.5. The van der Waals surface area contributed by atoms with Crippen molar-refractivity contribution in [2.45, 2.75) is 0 Å². The average molecular weight is 432 g/mol. The second-order valence-corrected chi connectivity index (χ2v) is 7.55. The van der Waals surface area contributed by atoms with Gasteiger partial charge in [-0.05, 0) is 30.3 Å². The summed E-state index contributed by atoms with van der Waals surface area (Å²) in [6, 6.07) is 9.37. The number of anilines is 1. The third-order valence-corrected chi connectivity index (χ3v) is 5.25. The Labute approximate surface area is 173 Å². The molecule has 0 aromatic heterocycles. The molecule has 1 fully saturated rings. The van der Waals surface area contributed by atoms with E-state index in [0.717, 1.165) is 22.7 Å². The Bertz CT molecular complexity index is 1070. The van der Waals surface area contributed by atoms with Crippen LogP contribution in [0.1, 0.15) is 15.9 Å². The molecule has 2 aromatic rings. The number of carboxylic acids is 1. The summed E-state index contributed by atoms with van der Waals surface area (Å²) in [5.41, 5.74) is -0.122. The molecular formula is C19H13FN2O5S2. The van der Waals surface area contributed by atoms with E-state index >= 15 is 0 Å². The number of nitrogens with zero attached hydrogens (tertiary/aromatic N) is 1. The fourth-order valence-electron chi connectivity index (χ4n) is 2.52. The number of halogens is 1. The molecule has 0 spiro atoms. The number of phenols is 1. The minimum atomic E-state index is -1.34. The highest BCUT2D eigenvalue weighted by Gasteiger charge is 2.33. The van der Waals surface area contributed by atoms with Gasteiger partial charge >= 0.3 is 5.97 Å². The average Bonchev–Trinajstić information content (AvgIpc) is 2.92. The van der Waals surface area contributed by atoms with Gasteiger partial charge in [-0.15, -0.1) is 0 Å². The first-order chi connectivity index (χ1) is 13.8. The van der Waals surface area contributed by atoms with E-state index in [1.807, 2.05) is 0 Å². The van der Waals surface area contributed by atoms with Gasteiger partial charge < -0.3 is 15.5 Å². The van der Waals surface area contributed by atoms with Gasteiger partial charge in [0.05, 0.1) is 16.2 Å². The van der Waals surface area contributed by atoms with Crippen molar-refractivity contribution in [3.63, 3.8) is 0 Å². The Hall–Kier alpha value is -3.24. The third kappa shape index (κ3) is 4.61. The Balaban J connectivity index is 1.75. The maximum absolute atomic E-state index is 13.8. The summed E-state index contributed by atoms with van der Waals surface area (Å²) in [5.74, 6) is -3.33. The lowest BCUT2D eigenvalue weighted by molar-refractivity contribution is -0.126. The van der Waals surface area contributed by atoms with Crippen LogP contribution in [0.25, 0.3) is 6.08 Å². The van der Waals surface area contributed by atoms with Gasteiger partial charge in [-0.25, -0.2) is 9.18 Å². The molecule has 29 heavy (non-hydrogen) atoms. The van der Waals surface area contributed by atoms with E-state index in [0.29, 0.717) is 0 Å². The Kier molecular flexibility index (Phi) is 5.95. The predicted molar refractivity (Wildman–Crippen MR) is 110 cm³/mol. The number of hydrogen-bond acceptors (Lipinski definition) is 6. The fourth-order valence-corrected chi connectivity index (χ4v) is 3.77. The Morgan fingerprint density at radius 2 is 1.97 bits per heavy atom. The zero-order valence-corrected chi connectivity index (χ0v) is 16.2. The van der Waals surface area contributed by atoms with Crippen LogP contribution in [-0.4, -0.2) is 43.8 Å². The molecule has 1 heterocycles. The molecule has 2 amide bonds. The lowest BCUT2D eigenvalue weighted by atomic mass is 10.1. The highest BCUT2D eigenvalue weighted by molar-refractivity contribution is 8.26. The Morgan fingerprint density at radius 3 is 2.66 bits per heavy atom. The summed E-state index contributed by atoms with van der Waals surface area (Å²) in [6.07, 6.45) is 1.36. The smallest absolute Gasteiger partial charge is 0.337 e. The first-order valence-corrected chi connectivity index (χ1v) is 9.35. The van der Waals surface area contributed by atoms with Crippen molar-refractivity contribution in [3.8, 4) is 5.75 Å². The second-order valence-electron chi connectivity index (χ2n) is 5.87. The second kappa shape index (κ2) is 8.41. The summed E-state index contributed by atoms with van der Waals surface area (Å²) >= 11 is 6.08. The third-order valence-electron chi connectivity index (χ3n) is 3.87. The van der Waals surface area contributed by atoms with E-state index in [9.17, 15) is 29.0 Å². The number of carbonyl (C=O) groups excluding carboxylic acids is 2. The maximum atomic E-state index is 13.8. The van der Waals surface area contributed by atoms with Gasteiger partial charge in [0.1, 0.15) is 22.4 Å². The van der Waals surface area contributed by atoms with Crippen molar-refractivity contribution in [3.05, 3.63) is 64.3 Å². The molecule has 3 N–H and O–H groups in total. The van der Waals surface area contributed by atoms with Crippen molar-refractivity contribution in [2.24, 2.45) is 0 Å². The number of benzene rings is 2. The number of carbonyl (C=O) groups is 3. The number of phenolic OH excluding ortho intramolecular Hbond substituents is 1. The molecule has 0 saturated carbocycles. The monoisotopic (exact) mass is 432 g/mol. The minimum absolute atomic E-state index is 0.0346. The van der Waals surface area contributed by atoms with Gasteiger partial charge in [-0.1, -0.05) is 42.2 Å². The number of aromatic carboxylic acids is 1. The van der Waals surface area contributed by atoms with E-state index in [1.54, 1.807) is 6.07 Å². The minimum Gasteiger partial charge on any atom is -0.508 e. The quantitative estimate of drug-likeness (QED) is 0.379. The molecule has 3 rings (SSSR count). The molecule has 148 valence electrons. The van der Waals surface area contributed by atoms with Crippen LogP contribution in [0.4, 0.5) is 10.1 Å². The van der Waals surface area contributed by atoms with Gasteiger partial charge in [0.2, 0.25) is 5.91 Å². The molecule has 10 heteroatoms. The molecule has 0 atom stereocenters. The van der Waals surface area contributed by atoms with Gasteiger partial charge in [-0.3, -0.25) is 14.5 Å². The maximum Gasteiger partial charge on any atom is 0.337 e. The topological polar surface area (TPSA) is 107 Å². The lowest BCUT2D eigenvalue weighted by Crippen LogP contribution is -2.36. The highest BCUT2D eigenvalue weighted by atomic mass is 32.2. The molecule has 0 aliphatic carbocycles. The number of aromatic hydroxyl groups is 1. The fraction of sp³-hybridized carbons (Fsp3) is 0.0526. The number of rotatable bonds is 5. The molecule has 0 unspecified atom stereocenters. The molecule has 0 bridgehead atoms. The van der Waals surface area contributed by atoms with Crippen LogP contribution in [0.2, 0.25) is 0 Å². The number of carboxylic acid groups (broad SMARTS) is 1. The number of amides is 2. The molecule has 2 aromatic carbocycles. The zero-order chi connectivity index (χ0) is 21.1. The van der Waals surface area contributed by atoms with Crippen LogP contribution in [0, 0.1) is 5.82 Å². The van der Waals surface area contributed by atoms with E-state index < -0.39 is 30.1 Å². The number of thiocarbonyl (C=S) groups is 1. The van der Waals surface area contributed by atoms with E-state index in [4.69, 9.17) is 12.2 Å². The van der Waals surface area contributed by atoms with E-state index in [1.165, 1.54) is 36.4 Å².